The van der Waals surface area contributed by atoms with Crippen molar-refractivity contribution >= 4 is 29.4 Å². The zero-order chi connectivity index (χ0) is 33.1. The molecule has 1 aliphatic rings. The average Bonchev–Trinajstić information content (AvgIpc) is 3.49. The first kappa shape index (κ1) is 32.5. The number of methoxy groups -OCH3 is 1. The van der Waals surface area contributed by atoms with E-state index in [1.165, 1.54) is 23.0 Å². The fourth-order valence-electron chi connectivity index (χ4n) is 5.64. The number of rotatable bonds is 10. The van der Waals surface area contributed by atoms with Crippen molar-refractivity contribution in [3.05, 3.63) is 108 Å². The van der Waals surface area contributed by atoms with E-state index in [1.54, 1.807) is 32.0 Å². The number of ether oxygens (including phenoxy) is 4. The average molecular weight is 644 g/mol. The van der Waals surface area contributed by atoms with E-state index in [9.17, 15) is 14.4 Å². The molecule has 1 aliphatic heterocycles. The van der Waals surface area contributed by atoms with Crippen LogP contribution in [0.15, 0.2) is 69.6 Å². The Balaban J connectivity index is 1.67. The summed E-state index contributed by atoms with van der Waals surface area (Å²) < 4.78 is 25.8. The highest BCUT2D eigenvalue weighted by atomic mass is 32.1. The number of nitrogens with zero attached hydrogens (tertiary/aromatic N) is 3. The zero-order valence-corrected chi connectivity index (χ0v) is 27.8. The maximum Gasteiger partial charge on any atom is 0.343 e. The third-order valence-electron chi connectivity index (χ3n) is 7.79. The molecule has 0 unspecified atom stereocenters. The fraction of sp³-hybridized carbons (Fsp3) is 0.314. The minimum atomic E-state index is -0.842. The molecule has 1 atom stereocenters. The number of carbonyl (C=O) groups excluding carboxylic acids is 2. The van der Waals surface area contributed by atoms with Crippen LogP contribution in [0, 0.1) is 20.8 Å². The Hall–Kier alpha value is -4.90. The normalized spacial score (nSPS) is 14.5. The summed E-state index contributed by atoms with van der Waals surface area (Å²) in [6.45, 7) is 11.6. The first-order valence-electron chi connectivity index (χ1n) is 15.0. The van der Waals surface area contributed by atoms with Crippen LogP contribution in [0.25, 0.3) is 11.8 Å². The van der Waals surface area contributed by atoms with E-state index >= 15 is 0 Å². The molecule has 0 aliphatic carbocycles. The van der Waals surface area contributed by atoms with Crippen LogP contribution in [-0.2, 0) is 19.1 Å². The first-order valence-corrected chi connectivity index (χ1v) is 15.8. The van der Waals surface area contributed by atoms with Gasteiger partial charge < -0.3 is 23.5 Å². The Bertz CT molecular complexity index is 2030. The summed E-state index contributed by atoms with van der Waals surface area (Å²) in [6, 6.07) is 14.5. The second-order valence-corrected chi connectivity index (χ2v) is 11.8. The molecule has 10 nitrogen and oxygen atoms in total. The summed E-state index contributed by atoms with van der Waals surface area (Å²) in [5, 5.41) is 0. The maximum atomic E-state index is 14.2. The Labute approximate surface area is 270 Å². The molecular formula is C35H37N3O7S. The molecule has 0 amide bonds. The van der Waals surface area contributed by atoms with Gasteiger partial charge in [-0.1, -0.05) is 35.6 Å². The lowest BCUT2D eigenvalue weighted by Gasteiger charge is -2.25. The molecule has 11 heteroatoms. The minimum Gasteiger partial charge on any atom is -0.490 e. The summed E-state index contributed by atoms with van der Waals surface area (Å²) in [4.78, 5) is 44.5. The van der Waals surface area contributed by atoms with Gasteiger partial charge in [0.2, 0.25) is 0 Å². The molecule has 0 fully saturated rings. The third-order valence-corrected chi connectivity index (χ3v) is 8.77. The SMILES string of the molecule is CCOC(=O)C1=C(C)N=c2s/c(=C\c3cc(C)n(-c4ccccc4C)c3C)c(=O)n2[C@H]1c1ccc(OCC(=O)OC)c(OCC)c1. The largest absolute Gasteiger partial charge is 0.490 e. The number of esters is 2. The Morgan fingerprint density at radius 1 is 0.978 bits per heavy atom. The zero-order valence-electron chi connectivity index (χ0n) is 27.0. The van der Waals surface area contributed by atoms with Crippen LogP contribution in [0.2, 0.25) is 0 Å². The minimum absolute atomic E-state index is 0.160. The Morgan fingerprint density at radius 2 is 1.74 bits per heavy atom. The van der Waals surface area contributed by atoms with Gasteiger partial charge >= 0.3 is 11.9 Å². The lowest BCUT2D eigenvalue weighted by atomic mass is 9.95. The van der Waals surface area contributed by atoms with Crippen LogP contribution >= 0.6 is 11.3 Å². The quantitative estimate of drug-likeness (QED) is 0.235. The van der Waals surface area contributed by atoms with Gasteiger partial charge in [0.25, 0.3) is 5.56 Å². The van der Waals surface area contributed by atoms with Gasteiger partial charge in [0.15, 0.2) is 22.9 Å². The number of allylic oxidation sites excluding steroid dienone is 1. The topological polar surface area (TPSA) is 110 Å². The molecule has 0 N–H and O–H groups in total. The van der Waals surface area contributed by atoms with Crippen molar-refractivity contribution in [3.8, 4) is 17.2 Å². The number of hydrogen-bond acceptors (Lipinski definition) is 9. The molecule has 0 saturated heterocycles. The van der Waals surface area contributed by atoms with Gasteiger partial charge in [0.1, 0.15) is 0 Å². The van der Waals surface area contributed by atoms with E-state index in [-0.39, 0.29) is 24.3 Å². The highest BCUT2D eigenvalue weighted by Gasteiger charge is 2.34. The van der Waals surface area contributed by atoms with Crippen LogP contribution in [0.4, 0.5) is 0 Å². The number of hydrogen-bond donors (Lipinski definition) is 0. The third kappa shape index (κ3) is 6.15. The van der Waals surface area contributed by atoms with Crippen molar-refractivity contribution in [3.63, 3.8) is 0 Å². The number of para-hydroxylation sites is 1. The molecule has 46 heavy (non-hydrogen) atoms. The molecule has 240 valence electrons. The summed E-state index contributed by atoms with van der Waals surface area (Å²) in [7, 11) is 1.28. The van der Waals surface area contributed by atoms with E-state index in [0.29, 0.717) is 38.7 Å². The fourth-order valence-corrected chi connectivity index (χ4v) is 6.68. The summed E-state index contributed by atoms with van der Waals surface area (Å²) in [6.07, 6.45) is 1.89. The number of aryl methyl sites for hydroxylation is 2. The standard InChI is InChI=1S/C35H37N3O7S/c1-8-43-28-17-24(14-15-27(28)45-19-30(39)42-7)32-31(34(41)44-9-2)22(5)36-35-38(32)33(40)29(46-35)18-25-16-21(4)37(23(25)6)26-13-11-10-12-20(26)3/h10-18,32H,8-9,19H2,1-7H3/b29-18-/t32-/m0/s1. The summed E-state index contributed by atoms with van der Waals surface area (Å²) >= 11 is 1.27. The summed E-state index contributed by atoms with van der Waals surface area (Å²) in [5.41, 5.74) is 6.20. The number of benzene rings is 2. The van der Waals surface area contributed by atoms with E-state index in [1.807, 2.05) is 39.0 Å². The number of fused-ring (bicyclic) bond motifs is 1. The lowest BCUT2D eigenvalue weighted by molar-refractivity contribution is -0.143. The van der Waals surface area contributed by atoms with E-state index < -0.39 is 18.0 Å². The number of aromatic nitrogens is 2. The number of thiazole rings is 1. The van der Waals surface area contributed by atoms with Crippen molar-refractivity contribution in [1.29, 1.82) is 0 Å². The maximum absolute atomic E-state index is 14.2. The van der Waals surface area contributed by atoms with Crippen LogP contribution in [0.5, 0.6) is 11.5 Å². The molecule has 0 saturated carbocycles. The van der Waals surface area contributed by atoms with Crippen LogP contribution in [-0.4, -0.2) is 48.0 Å². The van der Waals surface area contributed by atoms with Crippen LogP contribution in [0.1, 0.15) is 54.9 Å². The highest BCUT2D eigenvalue weighted by Crippen LogP contribution is 2.36. The smallest absolute Gasteiger partial charge is 0.343 e. The predicted octanol–water partition coefficient (Wildman–Crippen LogP) is 4.46. The van der Waals surface area contributed by atoms with Gasteiger partial charge in [-0.05, 0) is 88.6 Å². The van der Waals surface area contributed by atoms with Crippen molar-refractivity contribution in [2.75, 3.05) is 26.9 Å². The van der Waals surface area contributed by atoms with Crippen molar-refractivity contribution in [1.82, 2.24) is 9.13 Å². The Morgan fingerprint density at radius 3 is 2.43 bits per heavy atom. The van der Waals surface area contributed by atoms with Crippen molar-refractivity contribution < 1.29 is 28.5 Å². The van der Waals surface area contributed by atoms with Gasteiger partial charge in [-0.2, -0.15) is 0 Å². The first-order chi connectivity index (χ1) is 22.1. The van der Waals surface area contributed by atoms with Crippen LogP contribution < -0.4 is 24.4 Å². The molecule has 0 bridgehead atoms. The molecule has 0 spiro atoms. The van der Waals surface area contributed by atoms with Crippen molar-refractivity contribution in [2.24, 2.45) is 4.99 Å². The molecule has 0 radical (unpaired) electrons. The van der Waals surface area contributed by atoms with Crippen LogP contribution in [0.3, 0.4) is 0 Å². The van der Waals surface area contributed by atoms with Gasteiger partial charge in [-0.3, -0.25) is 9.36 Å². The van der Waals surface area contributed by atoms with E-state index in [4.69, 9.17) is 23.9 Å². The molecule has 2 aromatic heterocycles. The monoisotopic (exact) mass is 643 g/mol. The number of carbonyl (C=O) groups is 2. The van der Waals surface area contributed by atoms with Gasteiger partial charge in [-0.25, -0.2) is 14.6 Å². The molecular weight excluding hydrogens is 606 g/mol. The predicted molar refractivity (Wildman–Crippen MR) is 176 cm³/mol. The van der Waals surface area contributed by atoms with Crippen molar-refractivity contribution in [2.45, 2.75) is 47.6 Å². The second-order valence-electron chi connectivity index (χ2n) is 10.8. The highest BCUT2D eigenvalue weighted by molar-refractivity contribution is 7.07. The van der Waals surface area contributed by atoms with Gasteiger partial charge in [0, 0.05) is 17.1 Å². The molecule has 2 aromatic carbocycles. The second kappa shape index (κ2) is 13.6. The molecule has 3 heterocycles. The lowest BCUT2D eigenvalue weighted by Crippen LogP contribution is -2.40. The van der Waals surface area contributed by atoms with E-state index in [0.717, 1.165) is 28.2 Å². The summed E-state index contributed by atoms with van der Waals surface area (Å²) in [5.74, 6) is -0.423. The molecule has 5 rings (SSSR count). The Kier molecular flexibility index (Phi) is 9.62. The van der Waals surface area contributed by atoms with E-state index in [2.05, 4.69) is 29.7 Å². The van der Waals surface area contributed by atoms with Gasteiger partial charge in [0.05, 0.1) is 42.2 Å². The van der Waals surface area contributed by atoms with Gasteiger partial charge in [-0.15, -0.1) is 0 Å². The molecule has 4 aromatic rings.